The molecule has 2 rings (SSSR count). The molecule has 0 unspecified atom stereocenters. The van der Waals surface area contributed by atoms with E-state index in [1.165, 1.54) is 18.2 Å². The number of aryl methyl sites for hydroxylation is 1. The van der Waals surface area contributed by atoms with Crippen LogP contribution in [0.5, 0.6) is 5.75 Å². The zero-order chi connectivity index (χ0) is 17.0. The number of nitrogens with one attached hydrogen (secondary N) is 1. The molecule has 0 saturated carbocycles. The van der Waals surface area contributed by atoms with Gasteiger partial charge in [-0.25, -0.2) is 8.42 Å². The van der Waals surface area contributed by atoms with E-state index in [1.54, 1.807) is 25.3 Å². The Hall–Kier alpha value is -2.61. The minimum absolute atomic E-state index is 0.166. The SMILES string of the molecule is CCc1cc(NS(=O)(=O)c2cccc([N+](=O)[O-])c2)ccc1OC. The van der Waals surface area contributed by atoms with E-state index in [1.807, 2.05) is 6.92 Å². The van der Waals surface area contributed by atoms with Crippen molar-refractivity contribution in [1.82, 2.24) is 0 Å². The molecule has 0 saturated heterocycles. The van der Waals surface area contributed by atoms with Gasteiger partial charge in [0.05, 0.1) is 16.9 Å². The number of ether oxygens (including phenoxy) is 1. The summed E-state index contributed by atoms with van der Waals surface area (Å²) in [4.78, 5) is 9.97. The molecule has 1 N–H and O–H groups in total. The lowest BCUT2D eigenvalue weighted by Gasteiger charge is -2.11. The molecule has 0 spiro atoms. The second-order valence-corrected chi connectivity index (χ2v) is 6.42. The van der Waals surface area contributed by atoms with E-state index in [0.717, 1.165) is 11.6 Å². The predicted molar refractivity (Wildman–Crippen MR) is 86.3 cm³/mol. The average Bonchev–Trinajstić information content (AvgIpc) is 2.54. The van der Waals surface area contributed by atoms with Crippen LogP contribution < -0.4 is 9.46 Å². The summed E-state index contributed by atoms with van der Waals surface area (Å²) in [5, 5.41) is 10.8. The first kappa shape index (κ1) is 16.8. The zero-order valence-corrected chi connectivity index (χ0v) is 13.5. The van der Waals surface area contributed by atoms with Gasteiger partial charge in [-0.2, -0.15) is 0 Å². The van der Waals surface area contributed by atoms with Crippen LogP contribution in [0.1, 0.15) is 12.5 Å². The van der Waals surface area contributed by atoms with Crippen LogP contribution in [0, 0.1) is 10.1 Å². The van der Waals surface area contributed by atoms with Crippen LogP contribution in [0.3, 0.4) is 0 Å². The summed E-state index contributed by atoms with van der Waals surface area (Å²) in [6, 6.07) is 9.82. The van der Waals surface area contributed by atoms with Crippen molar-refractivity contribution in [3.8, 4) is 5.75 Å². The van der Waals surface area contributed by atoms with Gasteiger partial charge >= 0.3 is 0 Å². The van der Waals surface area contributed by atoms with Gasteiger partial charge in [0.15, 0.2) is 0 Å². The molecule has 2 aromatic rings. The van der Waals surface area contributed by atoms with Gasteiger partial charge in [-0.1, -0.05) is 13.0 Å². The Labute approximate surface area is 134 Å². The van der Waals surface area contributed by atoms with E-state index in [9.17, 15) is 18.5 Å². The number of anilines is 1. The molecule has 122 valence electrons. The fourth-order valence-electron chi connectivity index (χ4n) is 2.10. The molecular weight excluding hydrogens is 320 g/mol. The van der Waals surface area contributed by atoms with E-state index in [2.05, 4.69) is 4.72 Å². The summed E-state index contributed by atoms with van der Waals surface area (Å²) >= 11 is 0. The molecule has 2 aromatic carbocycles. The number of non-ortho nitro benzene ring substituents is 1. The number of hydrogen-bond acceptors (Lipinski definition) is 5. The number of methoxy groups -OCH3 is 1. The van der Waals surface area contributed by atoms with Crippen LogP contribution in [-0.2, 0) is 16.4 Å². The molecule has 0 bridgehead atoms. The Morgan fingerprint density at radius 1 is 1.22 bits per heavy atom. The standard InChI is InChI=1S/C15H16N2O5S/c1-3-11-9-12(7-8-15(11)22-2)16-23(20,21)14-6-4-5-13(10-14)17(18)19/h4-10,16H,3H2,1-2H3. The topological polar surface area (TPSA) is 98.5 Å². The lowest BCUT2D eigenvalue weighted by atomic mass is 10.1. The molecule has 0 aliphatic rings. The molecule has 0 heterocycles. The summed E-state index contributed by atoms with van der Waals surface area (Å²) in [5.41, 5.74) is 0.942. The second kappa shape index (κ2) is 6.66. The molecular formula is C15H16N2O5S. The van der Waals surface area contributed by atoms with Crippen LogP contribution in [0.2, 0.25) is 0 Å². The molecule has 0 amide bonds. The Bertz CT molecular complexity index is 834. The van der Waals surface area contributed by atoms with Crippen molar-refractivity contribution >= 4 is 21.4 Å². The van der Waals surface area contributed by atoms with Crippen molar-refractivity contribution in [3.63, 3.8) is 0 Å². The fourth-order valence-corrected chi connectivity index (χ4v) is 3.19. The maximum absolute atomic E-state index is 12.4. The Balaban J connectivity index is 2.35. The highest BCUT2D eigenvalue weighted by atomic mass is 32.2. The van der Waals surface area contributed by atoms with Gasteiger partial charge in [-0.15, -0.1) is 0 Å². The summed E-state index contributed by atoms with van der Waals surface area (Å²) in [6.07, 6.45) is 0.676. The number of nitro groups is 1. The first-order valence-electron chi connectivity index (χ1n) is 6.81. The fraction of sp³-hybridized carbons (Fsp3) is 0.200. The van der Waals surface area contributed by atoms with Crippen LogP contribution >= 0.6 is 0 Å². The van der Waals surface area contributed by atoms with Gasteiger partial charge < -0.3 is 4.74 Å². The third-order valence-electron chi connectivity index (χ3n) is 3.25. The minimum atomic E-state index is -3.91. The number of benzene rings is 2. The smallest absolute Gasteiger partial charge is 0.270 e. The molecule has 0 atom stereocenters. The summed E-state index contributed by atoms with van der Waals surface area (Å²) in [5.74, 6) is 0.672. The Kier molecular flexibility index (Phi) is 4.85. The van der Waals surface area contributed by atoms with Crippen molar-refractivity contribution in [2.75, 3.05) is 11.8 Å². The largest absolute Gasteiger partial charge is 0.496 e. The van der Waals surface area contributed by atoms with Gasteiger partial charge in [-0.3, -0.25) is 14.8 Å². The van der Waals surface area contributed by atoms with E-state index in [4.69, 9.17) is 4.74 Å². The lowest BCUT2D eigenvalue weighted by molar-refractivity contribution is -0.385. The van der Waals surface area contributed by atoms with Crippen molar-refractivity contribution in [2.45, 2.75) is 18.2 Å². The second-order valence-electron chi connectivity index (χ2n) is 4.74. The first-order valence-corrected chi connectivity index (χ1v) is 8.30. The van der Waals surface area contributed by atoms with Gasteiger partial charge in [0, 0.05) is 17.8 Å². The Morgan fingerprint density at radius 3 is 2.57 bits per heavy atom. The monoisotopic (exact) mass is 336 g/mol. The number of hydrogen-bond donors (Lipinski definition) is 1. The van der Waals surface area contributed by atoms with Gasteiger partial charge in [0.2, 0.25) is 0 Å². The highest BCUT2D eigenvalue weighted by Gasteiger charge is 2.18. The van der Waals surface area contributed by atoms with Crippen molar-refractivity contribution in [3.05, 3.63) is 58.1 Å². The van der Waals surface area contributed by atoms with Gasteiger partial charge in [0.1, 0.15) is 5.75 Å². The molecule has 0 aliphatic heterocycles. The van der Waals surface area contributed by atoms with Gasteiger partial charge in [0.25, 0.3) is 15.7 Å². The molecule has 0 fully saturated rings. The maximum Gasteiger partial charge on any atom is 0.270 e. The normalized spacial score (nSPS) is 11.0. The molecule has 23 heavy (non-hydrogen) atoms. The highest BCUT2D eigenvalue weighted by molar-refractivity contribution is 7.92. The van der Waals surface area contributed by atoms with Crippen LogP contribution in [0.4, 0.5) is 11.4 Å². The van der Waals surface area contributed by atoms with E-state index in [0.29, 0.717) is 17.9 Å². The van der Waals surface area contributed by atoms with Crippen LogP contribution in [0.25, 0.3) is 0 Å². The third kappa shape index (κ3) is 3.78. The predicted octanol–water partition coefficient (Wildman–Crippen LogP) is 2.97. The van der Waals surface area contributed by atoms with Crippen molar-refractivity contribution in [2.24, 2.45) is 0 Å². The Morgan fingerprint density at radius 2 is 1.96 bits per heavy atom. The molecule has 0 aromatic heterocycles. The average molecular weight is 336 g/mol. The molecule has 0 aliphatic carbocycles. The summed E-state index contributed by atoms with van der Waals surface area (Å²) in [7, 11) is -2.37. The molecule has 8 heteroatoms. The van der Waals surface area contributed by atoms with E-state index >= 15 is 0 Å². The van der Waals surface area contributed by atoms with Crippen molar-refractivity contribution < 1.29 is 18.1 Å². The van der Waals surface area contributed by atoms with Gasteiger partial charge in [-0.05, 0) is 36.2 Å². The number of nitrogens with zero attached hydrogens (tertiary/aromatic N) is 1. The van der Waals surface area contributed by atoms with Crippen molar-refractivity contribution in [1.29, 1.82) is 0 Å². The zero-order valence-electron chi connectivity index (χ0n) is 12.6. The first-order chi connectivity index (χ1) is 10.9. The number of rotatable bonds is 6. The van der Waals surface area contributed by atoms with Crippen LogP contribution in [0.15, 0.2) is 47.4 Å². The number of nitro benzene ring substituents is 1. The van der Waals surface area contributed by atoms with E-state index in [-0.39, 0.29) is 10.6 Å². The van der Waals surface area contributed by atoms with Crippen LogP contribution in [-0.4, -0.2) is 20.5 Å². The minimum Gasteiger partial charge on any atom is -0.496 e. The quantitative estimate of drug-likeness (QED) is 0.646. The van der Waals surface area contributed by atoms with E-state index < -0.39 is 14.9 Å². The molecule has 7 nitrogen and oxygen atoms in total. The summed E-state index contributed by atoms with van der Waals surface area (Å²) < 4.78 is 32.3. The third-order valence-corrected chi connectivity index (χ3v) is 4.63. The summed E-state index contributed by atoms with van der Waals surface area (Å²) in [6.45, 7) is 1.93. The maximum atomic E-state index is 12.4. The number of sulfonamides is 1. The molecule has 0 radical (unpaired) electrons. The highest BCUT2D eigenvalue weighted by Crippen LogP contribution is 2.25. The lowest BCUT2D eigenvalue weighted by Crippen LogP contribution is -2.13.